The number of amides is 1. The number of aryl methyl sites for hydroxylation is 1. The molecular weight excluding hydrogens is 174 g/mol. The third-order valence-electron chi connectivity index (χ3n) is 2.69. The van der Waals surface area contributed by atoms with Crippen molar-refractivity contribution in [2.75, 3.05) is 4.90 Å². The third kappa shape index (κ3) is 1.23. The molecule has 2 rings (SSSR count). The third-order valence-corrected chi connectivity index (χ3v) is 2.69. The highest BCUT2D eigenvalue weighted by molar-refractivity contribution is 5.98. The van der Waals surface area contributed by atoms with E-state index in [2.05, 4.69) is 19.6 Å². The van der Waals surface area contributed by atoms with Crippen LogP contribution in [-0.4, -0.2) is 5.91 Å². The molecule has 1 aliphatic rings. The molecule has 0 saturated carbocycles. The molecule has 1 aromatic rings. The maximum atomic E-state index is 11.6. The van der Waals surface area contributed by atoms with Crippen LogP contribution in [0.5, 0.6) is 0 Å². The second kappa shape index (κ2) is 3.29. The Labute approximate surface area is 83.8 Å². The summed E-state index contributed by atoms with van der Waals surface area (Å²) in [5.74, 6) is 0.137. The molecule has 0 N–H and O–H groups in total. The molecule has 0 atom stereocenters. The highest BCUT2D eigenvalue weighted by atomic mass is 16.2. The fraction of sp³-hybridized carbons (Fsp3) is 0.250. The van der Waals surface area contributed by atoms with Crippen LogP contribution < -0.4 is 4.90 Å². The van der Waals surface area contributed by atoms with Crippen molar-refractivity contribution in [2.24, 2.45) is 0 Å². The van der Waals surface area contributed by atoms with Crippen molar-refractivity contribution >= 4 is 11.6 Å². The van der Waals surface area contributed by atoms with Crippen molar-refractivity contribution in [2.45, 2.75) is 19.8 Å². The lowest BCUT2D eigenvalue weighted by Gasteiger charge is -2.27. The molecule has 0 fully saturated rings. The Morgan fingerprint density at radius 2 is 2.21 bits per heavy atom. The number of carbonyl (C=O) groups is 1. The van der Waals surface area contributed by atoms with Gasteiger partial charge in [0.25, 0.3) is 0 Å². The van der Waals surface area contributed by atoms with E-state index in [-0.39, 0.29) is 5.91 Å². The van der Waals surface area contributed by atoms with E-state index in [0.29, 0.717) is 6.42 Å². The first-order valence-corrected chi connectivity index (χ1v) is 4.77. The minimum atomic E-state index is 0.137. The summed E-state index contributed by atoms with van der Waals surface area (Å²) in [5, 5.41) is 0. The topological polar surface area (TPSA) is 20.3 Å². The molecule has 1 amide bonds. The summed E-state index contributed by atoms with van der Waals surface area (Å²) in [5.41, 5.74) is 3.52. The Bertz CT molecular complexity index is 395. The SMILES string of the molecule is C=CN1C(=O)CCc2c(C)cccc21. The fourth-order valence-corrected chi connectivity index (χ4v) is 1.92. The molecule has 1 aliphatic heterocycles. The maximum Gasteiger partial charge on any atom is 0.231 e. The zero-order chi connectivity index (χ0) is 10.1. The van der Waals surface area contributed by atoms with Crippen molar-refractivity contribution in [1.29, 1.82) is 0 Å². The number of fused-ring (bicyclic) bond motifs is 1. The van der Waals surface area contributed by atoms with Gasteiger partial charge in [-0.3, -0.25) is 9.69 Å². The van der Waals surface area contributed by atoms with Gasteiger partial charge >= 0.3 is 0 Å². The van der Waals surface area contributed by atoms with Crippen LogP contribution in [0.1, 0.15) is 17.5 Å². The molecule has 1 heterocycles. The molecule has 2 nitrogen and oxygen atoms in total. The van der Waals surface area contributed by atoms with Crippen LogP contribution in [0.15, 0.2) is 31.0 Å². The van der Waals surface area contributed by atoms with E-state index in [1.165, 1.54) is 11.1 Å². The van der Waals surface area contributed by atoms with Crippen molar-refractivity contribution in [3.8, 4) is 0 Å². The van der Waals surface area contributed by atoms with Gasteiger partial charge in [0.15, 0.2) is 0 Å². The van der Waals surface area contributed by atoms with Gasteiger partial charge < -0.3 is 0 Å². The van der Waals surface area contributed by atoms with E-state index >= 15 is 0 Å². The largest absolute Gasteiger partial charge is 0.288 e. The van der Waals surface area contributed by atoms with Crippen molar-refractivity contribution in [3.05, 3.63) is 42.1 Å². The van der Waals surface area contributed by atoms with Crippen molar-refractivity contribution in [1.82, 2.24) is 0 Å². The second-order valence-electron chi connectivity index (χ2n) is 3.52. The zero-order valence-corrected chi connectivity index (χ0v) is 8.29. The van der Waals surface area contributed by atoms with Gasteiger partial charge in [0.05, 0.1) is 5.69 Å². The molecule has 1 aromatic carbocycles. The molecule has 0 aliphatic carbocycles. The minimum absolute atomic E-state index is 0.137. The number of benzene rings is 1. The van der Waals surface area contributed by atoms with Gasteiger partial charge in [-0.1, -0.05) is 18.7 Å². The van der Waals surface area contributed by atoms with Crippen LogP contribution in [-0.2, 0) is 11.2 Å². The Morgan fingerprint density at radius 3 is 2.93 bits per heavy atom. The number of hydrogen-bond acceptors (Lipinski definition) is 1. The lowest BCUT2D eigenvalue weighted by Crippen LogP contribution is -2.30. The number of carbonyl (C=O) groups excluding carboxylic acids is 1. The highest BCUT2D eigenvalue weighted by Crippen LogP contribution is 2.29. The molecule has 0 bridgehead atoms. The van der Waals surface area contributed by atoms with Gasteiger partial charge in [-0.05, 0) is 30.5 Å². The molecule has 14 heavy (non-hydrogen) atoms. The van der Waals surface area contributed by atoms with Gasteiger partial charge in [0, 0.05) is 12.6 Å². The zero-order valence-electron chi connectivity index (χ0n) is 8.29. The summed E-state index contributed by atoms with van der Waals surface area (Å²) in [6.45, 7) is 5.75. The first kappa shape index (κ1) is 9.00. The lowest BCUT2D eigenvalue weighted by atomic mass is 9.97. The van der Waals surface area contributed by atoms with Crippen LogP contribution in [0.4, 0.5) is 5.69 Å². The Morgan fingerprint density at radius 1 is 1.43 bits per heavy atom. The molecule has 0 aromatic heterocycles. The Hall–Kier alpha value is -1.57. The quantitative estimate of drug-likeness (QED) is 0.661. The summed E-state index contributed by atoms with van der Waals surface area (Å²) < 4.78 is 0. The van der Waals surface area contributed by atoms with Crippen LogP contribution in [0.2, 0.25) is 0 Å². The van der Waals surface area contributed by atoms with Crippen molar-refractivity contribution in [3.63, 3.8) is 0 Å². The predicted molar refractivity (Wildman–Crippen MR) is 57.2 cm³/mol. The molecule has 2 heteroatoms. The van der Waals surface area contributed by atoms with E-state index in [9.17, 15) is 4.79 Å². The summed E-state index contributed by atoms with van der Waals surface area (Å²) >= 11 is 0. The van der Waals surface area contributed by atoms with Crippen LogP contribution in [0.25, 0.3) is 0 Å². The van der Waals surface area contributed by atoms with Crippen LogP contribution >= 0.6 is 0 Å². The van der Waals surface area contributed by atoms with E-state index < -0.39 is 0 Å². The average Bonchev–Trinajstić information content (AvgIpc) is 2.18. The lowest BCUT2D eigenvalue weighted by molar-refractivity contribution is -0.118. The van der Waals surface area contributed by atoms with Gasteiger partial charge in [-0.2, -0.15) is 0 Å². The van der Waals surface area contributed by atoms with E-state index in [0.717, 1.165) is 12.1 Å². The van der Waals surface area contributed by atoms with Crippen LogP contribution in [0, 0.1) is 6.92 Å². The van der Waals surface area contributed by atoms with Gasteiger partial charge in [-0.25, -0.2) is 0 Å². The fourth-order valence-electron chi connectivity index (χ4n) is 1.92. The predicted octanol–water partition coefficient (Wildman–Crippen LogP) is 2.42. The van der Waals surface area contributed by atoms with Gasteiger partial charge in [0.1, 0.15) is 0 Å². The summed E-state index contributed by atoms with van der Waals surface area (Å²) in [4.78, 5) is 13.2. The molecule has 0 unspecified atom stereocenters. The summed E-state index contributed by atoms with van der Waals surface area (Å²) in [6, 6.07) is 6.03. The van der Waals surface area contributed by atoms with Gasteiger partial charge in [-0.15, -0.1) is 0 Å². The molecule has 72 valence electrons. The number of hydrogen-bond donors (Lipinski definition) is 0. The van der Waals surface area contributed by atoms with E-state index in [4.69, 9.17) is 0 Å². The van der Waals surface area contributed by atoms with E-state index in [1.54, 1.807) is 11.1 Å². The first-order chi connectivity index (χ1) is 6.74. The maximum absolute atomic E-state index is 11.6. The summed E-state index contributed by atoms with van der Waals surface area (Å²) in [7, 11) is 0. The standard InChI is InChI=1S/C12H13NO/c1-3-13-11-6-4-5-9(2)10(11)7-8-12(13)14/h3-6H,1,7-8H2,2H3. The summed E-state index contributed by atoms with van der Waals surface area (Å²) in [6.07, 6.45) is 3.04. The minimum Gasteiger partial charge on any atom is -0.288 e. The monoisotopic (exact) mass is 187 g/mol. The van der Waals surface area contributed by atoms with Crippen LogP contribution in [0.3, 0.4) is 0 Å². The molecule has 0 radical (unpaired) electrons. The van der Waals surface area contributed by atoms with Crippen molar-refractivity contribution < 1.29 is 4.79 Å². The number of anilines is 1. The molecule has 0 saturated heterocycles. The van der Waals surface area contributed by atoms with E-state index in [1.807, 2.05) is 12.1 Å². The number of nitrogens with zero attached hydrogens (tertiary/aromatic N) is 1. The highest BCUT2D eigenvalue weighted by Gasteiger charge is 2.22. The van der Waals surface area contributed by atoms with Gasteiger partial charge in [0.2, 0.25) is 5.91 Å². The molecule has 0 spiro atoms. The Balaban J connectivity index is 2.57. The smallest absolute Gasteiger partial charge is 0.231 e. The molecular formula is C12H13NO. The first-order valence-electron chi connectivity index (χ1n) is 4.77. The second-order valence-corrected chi connectivity index (χ2v) is 3.52. The average molecular weight is 187 g/mol. The normalized spacial score (nSPS) is 15.2. The number of rotatable bonds is 1. The Kier molecular flexibility index (Phi) is 2.12.